The van der Waals surface area contributed by atoms with Crippen LogP contribution in [0.25, 0.3) is 233 Å². The predicted octanol–water partition coefficient (Wildman–Crippen LogP) is 26.5. The average molecular weight is 1530 g/mol. The molecule has 0 aliphatic heterocycles. The van der Waals surface area contributed by atoms with E-state index in [1.807, 2.05) is 164 Å². The normalized spacial score (nSPS) is 11.5. The lowest BCUT2D eigenvalue weighted by atomic mass is 9.93. The lowest BCUT2D eigenvalue weighted by Crippen LogP contribution is -1.97. The first-order valence-electron chi connectivity index (χ1n) is 39.9. The van der Waals surface area contributed by atoms with Gasteiger partial charge in [0.25, 0.3) is 0 Å². The van der Waals surface area contributed by atoms with Crippen LogP contribution in [0.3, 0.4) is 0 Å². The van der Waals surface area contributed by atoms with Gasteiger partial charge in [-0.05, 0) is 124 Å². The number of fused-ring (bicyclic) bond motifs is 11. The summed E-state index contributed by atoms with van der Waals surface area (Å²) in [5, 5.41) is 10.8. The molecule has 10 heterocycles. The molecule has 0 aliphatic carbocycles. The Morgan fingerprint density at radius 1 is 0.142 bits per heavy atom. The van der Waals surface area contributed by atoms with Gasteiger partial charge in [-0.2, -0.15) is 0 Å². The summed E-state index contributed by atoms with van der Waals surface area (Å²) in [7, 11) is 0. The molecule has 0 fully saturated rings. The molecule has 558 valence electrons. The van der Waals surface area contributed by atoms with Gasteiger partial charge in [0.15, 0.2) is 11.6 Å². The molecular weight excluding hydrogens is 1470 g/mol. The van der Waals surface area contributed by atoms with Gasteiger partial charge in [0.1, 0.15) is 0 Å². The molecule has 12 nitrogen and oxygen atoms in total. The van der Waals surface area contributed by atoms with Gasteiger partial charge in [-0.25, -0.2) is 49.8 Å². The van der Waals surface area contributed by atoms with Gasteiger partial charge >= 0.3 is 0 Å². The maximum atomic E-state index is 5.33. The molecule has 0 radical (unpaired) electrons. The van der Waals surface area contributed by atoms with Crippen molar-refractivity contribution in [1.82, 2.24) is 59.8 Å². The average Bonchev–Trinajstić information content (AvgIpc) is 0.763. The molecule has 23 rings (SSSR count). The molecule has 0 unspecified atom stereocenters. The first-order valence-corrected chi connectivity index (χ1v) is 39.9. The van der Waals surface area contributed by atoms with Crippen molar-refractivity contribution < 1.29 is 0 Å². The van der Waals surface area contributed by atoms with E-state index in [1.54, 1.807) is 0 Å². The highest BCUT2D eigenvalue weighted by Gasteiger charge is 2.20. The number of benzene rings is 13. The highest BCUT2D eigenvalue weighted by atomic mass is 14.9. The van der Waals surface area contributed by atoms with E-state index in [4.69, 9.17) is 54.8 Å². The Morgan fingerprint density at radius 3 is 0.975 bits per heavy atom. The molecule has 23 aromatic rings. The van der Waals surface area contributed by atoms with Crippen LogP contribution < -0.4 is 0 Å². The summed E-state index contributed by atoms with van der Waals surface area (Å²) < 4.78 is 0. The number of pyridine rings is 8. The Balaban J connectivity index is 0.000000149. The molecule has 120 heavy (non-hydrogen) atoms. The minimum atomic E-state index is 0.660. The summed E-state index contributed by atoms with van der Waals surface area (Å²) >= 11 is 0. The Labute approximate surface area is 689 Å². The molecule has 12 heteroatoms. The Kier molecular flexibility index (Phi) is 17.6. The van der Waals surface area contributed by atoms with E-state index in [0.29, 0.717) is 11.6 Å². The van der Waals surface area contributed by atoms with E-state index < -0.39 is 0 Å². The third kappa shape index (κ3) is 13.4. The maximum absolute atomic E-state index is 5.33. The van der Waals surface area contributed by atoms with Crippen molar-refractivity contribution in [1.29, 1.82) is 0 Å². The Bertz CT molecular complexity index is 7860. The van der Waals surface area contributed by atoms with Crippen molar-refractivity contribution in [3.63, 3.8) is 0 Å². The van der Waals surface area contributed by atoms with Crippen molar-refractivity contribution in [2.75, 3.05) is 0 Å². The smallest absolute Gasteiger partial charge is 0.160 e. The van der Waals surface area contributed by atoms with Crippen LogP contribution in [0, 0.1) is 0 Å². The number of hydrogen-bond acceptors (Lipinski definition) is 12. The lowest BCUT2D eigenvalue weighted by Gasteiger charge is -2.13. The van der Waals surface area contributed by atoms with Crippen molar-refractivity contribution in [2.45, 2.75) is 0 Å². The van der Waals surface area contributed by atoms with Gasteiger partial charge in [-0.3, -0.25) is 9.97 Å². The molecular formula is C108H66N12. The lowest BCUT2D eigenvalue weighted by molar-refractivity contribution is 1.17. The van der Waals surface area contributed by atoms with Crippen LogP contribution in [0.4, 0.5) is 0 Å². The summed E-state index contributed by atoms with van der Waals surface area (Å²) in [6.07, 6.45) is 3.65. The molecule has 0 saturated heterocycles. The molecule has 10 aromatic heterocycles. The Morgan fingerprint density at radius 2 is 0.475 bits per heavy atom. The molecule has 0 spiro atoms. The molecule has 0 N–H and O–H groups in total. The second-order valence-corrected chi connectivity index (χ2v) is 29.9. The van der Waals surface area contributed by atoms with Crippen LogP contribution in [0.15, 0.2) is 401 Å². The summed E-state index contributed by atoms with van der Waals surface area (Å²) in [6.45, 7) is 0. The first-order chi connectivity index (χ1) is 59.4. The molecule has 0 amide bonds. The molecule has 0 aliphatic rings. The maximum Gasteiger partial charge on any atom is 0.160 e. The zero-order valence-corrected chi connectivity index (χ0v) is 64.5. The third-order valence-corrected chi connectivity index (χ3v) is 22.4. The first kappa shape index (κ1) is 70.2. The minimum absolute atomic E-state index is 0.660. The largest absolute Gasteiger partial charge is 0.254 e. The number of nitrogens with zero attached hydrogens (tertiary/aromatic N) is 12. The summed E-state index contributed by atoms with van der Waals surface area (Å²) in [4.78, 5) is 60.5. The fourth-order valence-corrected chi connectivity index (χ4v) is 16.3. The zero-order chi connectivity index (χ0) is 79.4. The van der Waals surface area contributed by atoms with Crippen molar-refractivity contribution in [3.8, 4) is 135 Å². The van der Waals surface area contributed by atoms with Crippen LogP contribution >= 0.6 is 0 Å². The van der Waals surface area contributed by atoms with E-state index in [0.717, 1.165) is 222 Å². The quantitative estimate of drug-likeness (QED) is 0.107. The highest BCUT2D eigenvalue weighted by molar-refractivity contribution is 6.12. The van der Waals surface area contributed by atoms with Crippen LogP contribution in [0.2, 0.25) is 0 Å². The summed E-state index contributed by atoms with van der Waals surface area (Å²) in [5.41, 5.74) is 28.1. The monoisotopic (exact) mass is 1530 g/mol. The summed E-state index contributed by atoms with van der Waals surface area (Å²) in [5.74, 6) is 1.32. The van der Waals surface area contributed by atoms with Crippen LogP contribution in [-0.4, -0.2) is 59.8 Å². The van der Waals surface area contributed by atoms with Gasteiger partial charge in [0.05, 0.1) is 101 Å². The van der Waals surface area contributed by atoms with E-state index in [9.17, 15) is 0 Å². The second-order valence-electron chi connectivity index (χ2n) is 29.9. The zero-order valence-electron chi connectivity index (χ0n) is 64.5. The number of rotatable bonds is 12. The van der Waals surface area contributed by atoms with Crippen LogP contribution in [0.1, 0.15) is 0 Å². The van der Waals surface area contributed by atoms with Gasteiger partial charge in [-0.1, -0.05) is 297 Å². The molecule has 0 atom stereocenters. The minimum Gasteiger partial charge on any atom is -0.254 e. The third-order valence-electron chi connectivity index (χ3n) is 22.4. The predicted molar refractivity (Wildman–Crippen MR) is 489 cm³/mol. The van der Waals surface area contributed by atoms with Crippen molar-refractivity contribution in [2.24, 2.45) is 0 Å². The summed E-state index contributed by atoms with van der Waals surface area (Å²) in [6, 6.07) is 134. The van der Waals surface area contributed by atoms with Crippen molar-refractivity contribution in [3.05, 3.63) is 401 Å². The van der Waals surface area contributed by atoms with Gasteiger partial charge in [0, 0.05) is 100.0 Å². The standard InChI is InChI=1S/C62H38N6.C46H28N6/c1-4-12-39(13-5-1)52-33-28-43-22-23-44-29-34-54(66-61(44)60(43)65-52)51-31-30-48(49-18-10-11-19-50(49)51)46-24-20-41-26-32-53(63-56(41)36-46)47-25-21-42-27-35-55(64-57(42)37-47)59-38-58(40-14-6-2-7-15-40)67-62(68-59)45-16-8-3-9-17-45;1-3-9-29(10-4-1)42-28-43(52-46(51-42)32-11-5-2-6-12-32)39-22-20-31-16-18-34(27-41(31)50-39)38-21-19-30-15-17-33(26-40(30)49-38)37-25-35-13-7-23-47-44(35)45-36(37)14-8-24-48-45/h1-38H;1-28H. The van der Waals surface area contributed by atoms with Crippen LogP contribution in [-0.2, 0) is 0 Å². The van der Waals surface area contributed by atoms with Crippen LogP contribution in [0.5, 0.6) is 0 Å². The molecule has 13 aromatic carbocycles. The van der Waals surface area contributed by atoms with Gasteiger partial charge in [-0.15, -0.1) is 0 Å². The SMILES string of the molecule is c1ccc(-c2cc(-c3ccc4ccc(-c5ccc6ccc(-c7cc8cccnc8c8ncccc78)cc6n5)cc4n3)nc(-c3ccccc3)n2)cc1.c1ccc(-c2cc(-c3ccc4ccc(-c5ccc6ccc(-c7ccc(-c8ccc9ccc%10ccc(-c%11ccccc%11)nc%10c9n8)c8ccccc78)cc6n5)cc4n3)nc(-c3ccccc3)n2)cc1. The number of aromatic nitrogens is 12. The van der Waals surface area contributed by atoms with Gasteiger partial charge in [0.2, 0.25) is 0 Å². The number of hydrogen-bond donors (Lipinski definition) is 0. The molecule has 0 saturated carbocycles. The molecule has 0 bridgehead atoms. The van der Waals surface area contributed by atoms with E-state index in [-0.39, 0.29) is 0 Å². The van der Waals surface area contributed by atoms with E-state index in [1.165, 1.54) is 0 Å². The Hall–Kier alpha value is -16.4. The van der Waals surface area contributed by atoms with Crippen molar-refractivity contribution >= 4 is 98.0 Å². The fourth-order valence-electron chi connectivity index (χ4n) is 16.3. The fraction of sp³-hybridized carbons (Fsp3) is 0. The topological polar surface area (TPSA) is 155 Å². The van der Waals surface area contributed by atoms with Gasteiger partial charge < -0.3 is 0 Å². The van der Waals surface area contributed by atoms with E-state index in [2.05, 4.69) is 242 Å². The second kappa shape index (κ2) is 30.1. The van der Waals surface area contributed by atoms with E-state index >= 15 is 0 Å². The highest BCUT2D eigenvalue weighted by Crippen LogP contribution is 2.41.